The van der Waals surface area contributed by atoms with E-state index in [4.69, 9.17) is 25.5 Å². The Bertz CT molecular complexity index is 2720. The number of aromatic amines is 2. The molecule has 2 atom stereocenters. The summed E-state index contributed by atoms with van der Waals surface area (Å²) < 4.78 is 60.5. The highest BCUT2D eigenvalue weighted by atomic mass is 35.5. The van der Waals surface area contributed by atoms with Gasteiger partial charge in [-0.3, -0.25) is 9.59 Å². The van der Waals surface area contributed by atoms with Crippen molar-refractivity contribution in [3.63, 3.8) is 0 Å². The summed E-state index contributed by atoms with van der Waals surface area (Å²) in [6.45, 7) is 2.71. The molecule has 0 aliphatic carbocycles. The van der Waals surface area contributed by atoms with Crippen molar-refractivity contribution in [2.24, 2.45) is 0 Å². The van der Waals surface area contributed by atoms with Crippen LogP contribution in [0.1, 0.15) is 74.3 Å². The standard InChI is InChI=1S/C42H38ClF3N6O8/c1-58-29-8-4-6-21-16-31(59-36(21)29)38(53)47-24-9-10-26-22(14-24)15-27(48-26)39(54)52-19-23(18-43)32-28(52)17-30(35-33(32)34(40(55)56)37(49-35)42(44,45)46)60-41(57)51-13-5-7-25(51)20-50-11-2-3-12-50/h4,6,8-10,14-17,23,25,48-49H,2-3,5,7,11-13,18-20H2,1H3,(H,47,53)(H,55,56)/t23-,25+/m1/s1. The van der Waals surface area contributed by atoms with Crippen molar-refractivity contribution >= 4 is 79.6 Å². The Balaban J connectivity index is 1.06. The smallest absolute Gasteiger partial charge is 0.432 e. The number of amides is 3. The number of nitrogens with zero attached hydrogens (tertiary/aromatic N) is 3. The molecule has 9 rings (SSSR count). The topological polar surface area (TPSA) is 173 Å². The van der Waals surface area contributed by atoms with E-state index in [0.717, 1.165) is 32.4 Å². The summed E-state index contributed by atoms with van der Waals surface area (Å²) in [4.78, 5) is 64.6. The first-order chi connectivity index (χ1) is 28.8. The first-order valence-electron chi connectivity index (χ1n) is 19.4. The van der Waals surface area contributed by atoms with Gasteiger partial charge in [0, 0.05) is 70.9 Å². The maximum atomic E-state index is 14.5. The van der Waals surface area contributed by atoms with Crippen LogP contribution < -0.4 is 19.7 Å². The molecule has 0 saturated carbocycles. The molecule has 6 heterocycles. The van der Waals surface area contributed by atoms with Crippen molar-refractivity contribution in [1.82, 2.24) is 19.8 Å². The predicted octanol–water partition coefficient (Wildman–Crippen LogP) is 8.42. The summed E-state index contributed by atoms with van der Waals surface area (Å²) in [7, 11) is 1.50. The zero-order valence-electron chi connectivity index (χ0n) is 32.1. The predicted molar refractivity (Wildman–Crippen MR) is 216 cm³/mol. The molecular formula is C42H38ClF3N6O8. The van der Waals surface area contributed by atoms with Crippen LogP contribution in [0, 0.1) is 0 Å². The van der Waals surface area contributed by atoms with Gasteiger partial charge in [-0.25, -0.2) is 9.59 Å². The molecule has 3 aromatic heterocycles. The number of aromatic nitrogens is 2. The lowest BCUT2D eigenvalue weighted by Crippen LogP contribution is -2.43. The summed E-state index contributed by atoms with van der Waals surface area (Å²) in [5.41, 5.74) is -1.33. The van der Waals surface area contributed by atoms with Crippen molar-refractivity contribution in [3.05, 3.63) is 82.9 Å². The van der Waals surface area contributed by atoms with E-state index in [-0.39, 0.29) is 57.8 Å². The van der Waals surface area contributed by atoms with Gasteiger partial charge in [0.25, 0.3) is 11.8 Å². The number of carbonyl (C=O) groups excluding carboxylic acids is 3. The lowest BCUT2D eigenvalue weighted by atomic mass is 9.95. The number of furan rings is 1. The number of methoxy groups -OCH3 is 1. The molecule has 18 heteroatoms. The summed E-state index contributed by atoms with van der Waals surface area (Å²) in [6, 6.07) is 14.5. The van der Waals surface area contributed by atoms with E-state index in [1.807, 2.05) is 0 Å². The van der Waals surface area contributed by atoms with Gasteiger partial charge in [-0.05, 0) is 80.7 Å². The average Bonchev–Trinajstić information content (AvgIpc) is 4.07. The molecule has 3 amide bonds. The molecular weight excluding hydrogens is 809 g/mol. The summed E-state index contributed by atoms with van der Waals surface area (Å²) >= 11 is 6.41. The number of carboxylic acids is 1. The van der Waals surface area contributed by atoms with Crippen LogP contribution in [0.2, 0.25) is 0 Å². The summed E-state index contributed by atoms with van der Waals surface area (Å²) in [6.07, 6.45) is -2.36. The Morgan fingerprint density at radius 1 is 0.983 bits per heavy atom. The van der Waals surface area contributed by atoms with Crippen molar-refractivity contribution in [3.8, 4) is 11.5 Å². The van der Waals surface area contributed by atoms with Crippen LogP contribution in [0.15, 0.2) is 59.0 Å². The molecule has 3 aliphatic heterocycles. The molecule has 2 fully saturated rings. The average molecular weight is 847 g/mol. The molecule has 0 radical (unpaired) electrons. The number of aromatic carboxylic acids is 1. The molecule has 6 aromatic rings. The minimum atomic E-state index is -5.12. The third kappa shape index (κ3) is 6.84. The fourth-order valence-electron chi connectivity index (χ4n) is 8.88. The van der Waals surface area contributed by atoms with Crippen LogP contribution in [-0.2, 0) is 6.18 Å². The lowest BCUT2D eigenvalue weighted by Gasteiger charge is -2.28. The Labute approximate surface area is 344 Å². The number of alkyl halides is 4. The zero-order chi connectivity index (χ0) is 42.0. The molecule has 312 valence electrons. The number of rotatable bonds is 9. The Kier molecular flexibility index (Phi) is 9.90. The Morgan fingerprint density at radius 2 is 1.78 bits per heavy atom. The van der Waals surface area contributed by atoms with Gasteiger partial charge in [0.05, 0.1) is 23.9 Å². The molecule has 60 heavy (non-hydrogen) atoms. The summed E-state index contributed by atoms with van der Waals surface area (Å²) in [5, 5.41) is 13.9. The minimum Gasteiger partial charge on any atom is -0.493 e. The third-order valence-electron chi connectivity index (χ3n) is 11.6. The number of likely N-dealkylation sites (tertiary alicyclic amines) is 2. The number of nitrogens with one attached hydrogen (secondary N) is 3. The van der Waals surface area contributed by atoms with E-state index in [1.54, 1.807) is 53.4 Å². The number of hydrogen-bond donors (Lipinski definition) is 4. The quantitative estimate of drug-likeness (QED) is 0.104. The molecule has 14 nitrogen and oxygen atoms in total. The number of carbonyl (C=O) groups is 4. The van der Waals surface area contributed by atoms with Crippen LogP contribution in [0.5, 0.6) is 11.5 Å². The number of anilines is 2. The first-order valence-corrected chi connectivity index (χ1v) is 20.0. The van der Waals surface area contributed by atoms with E-state index in [0.29, 0.717) is 52.8 Å². The second-order valence-electron chi connectivity index (χ2n) is 15.3. The van der Waals surface area contributed by atoms with Crippen molar-refractivity contribution in [2.45, 2.75) is 43.8 Å². The number of halogens is 4. The highest BCUT2D eigenvalue weighted by Crippen LogP contribution is 2.50. The largest absolute Gasteiger partial charge is 0.493 e. The number of para-hydroxylation sites is 1. The number of benzene rings is 3. The molecule has 0 bridgehead atoms. The normalized spacial score (nSPS) is 18.2. The van der Waals surface area contributed by atoms with Gasteiger partial charge in [0.1, 0.15) is 11.4 Å². The van der Waals surface area contributed by atoms with Gasteiger partial charge >= 0.3 is 18.2 Å². The SMILES string of the molecule is COc1cccc2cc(C(=O)Nc3ccc4[nH]c(C(=O)N5C[C@@H](CCl)c6c5cc(OC(=O)N5CCC[C@H]5CN5CCCC5)c5[nH]c(C(F)(F)F)c(C(=O)O)c65)cc4c3)oc12. The van der Waals surface area contributed by atoms with Gasteiger partial charge in [-0.1, -0.05) is 12.1 Å². The van der Waals surface area contributed by atoms with Crippen LogP contribution in [0.4, 0.5) is 29.3 Å². The van der Waals surface area contributed by atoms with Crippen molar-refractivity contribution in [2.75, 3.05) is 55.9 Å². The molecule has 3 aliphatic rings. The van der Waals surface area contributed by atoms with Crippen LogP contribution in [0.25, 0.3) is 32.8 Å². The van der Waals surface area contributed by atoms with E-state index in [9.17, 15) is 37.5 Å². The van der Waals surface area contributed by atoms with Crippen molar-refractivity contribution in [1.29, 1.82) is 0 Å². The highest BCUT2D eigenvalue weighted by Gasteiger charge is 2.44. The molecule has 2 saturated heterocycles. The fraction of sp³-hybridized carbons (Fsp3) is 0.333. The van der Waals surface area contributed by atoms with Crippen LogP contribution in [-0.4, -0.2) is 101 Å². The number of hydrogen-bond acceptors (Lipinski definition) is 8. The van der Waals surface area contributed by atoms with Crippen molar-refractivity contribution < 1.29 is 51.3 Å². The van der Waals surface area contributed by atoms with E-state index >= 15 is 0 Å². The highest BCUT2D eigenvalue weighted by molar-refractivity contribution is 6.20. The fourth-order valence-corrected chi connectivity index (χ4v) is 9.13. The first kappa shape index (κ1) is 39.3. The molecule has 0 spiro atoms. The Morgan fingerprint density at radius 3 is 2.52 bits per heavy atom. The molecule has 0 unspecified atom stereocenters. The van der Waals surface area contributed by atoms with E-state index < -0.39 is 47.2 Å². The number of carboxylic acid groups (broad SMARTS) is 1. The minimum absolute atomic E-state index is 0.0541. The zero-order valence-corrected chi connectivity index (χ0v) is 32.8. The maximum absolute atomic E-state index is 14.5. The van der Waals surface area contributed by atoms with Gasteiger partial charge in [-0.15, -0.1) is 11.6 Å². The van der Waals surface area contributed by atoms with E-state index in [1.165, 1.54) is 18.1 Å². The molecule has 3 aromatic carbocycles. The van der Waals surface area contributed by atoms with Gasteiger partial charge in [0.15, 0.2) is 22.8 Å². The maximum Gasteiger partial charge on any atom is 0.432 e. The van der Waals surface area contributed by atoms with Gasteiger partial charge in [-0.2, -0.15) is 13.2 Å². The lowest BCUT2D eigenvalue weighted by molar-refractivity contribution is -0.141. The third-order valence-corrected chi connectivity index (χ3v) is 12.0. The molecule has 4 N–H and O–H groups in total. The second kappa shape index (κ2) is 15.1. The van der Waals surface area contributed by atoms with Crippen LogP contribution in [0.3, 0.4) is 0 Å². The second-order valence-corrected chi connectivity index (χ2v) is 15.6. The number of H-pyrrole nitrogens is 2. The monoisotopic (exact) mass is 846 g/mol. The Hall–Kier alpha value is -6.20. The van der Waals surface area contributed by atoms with Crippen LogP contribution >= 0.6 is 11.6 Å². The number of fused-ring (bicyclic) bond motifs is 5. The number of ether oxygens (including phenoxy) is 2. The summed E-state index contributed by atoms with van der Waals surface area (Å²) in [5.74, 6) is -3.77. The van der Waals surface area contributed by atoms with E-state index in [2.05, 4.69) is 20.2 Å². The van der Waals surface area contributed by atoms with Gasteiger partial charge in [0.2, 0.25) is 0 Å². The van der Waals surface area contributed by atoms with Gasteiger partial charge < -0.3 is 49.0 Å².